The highest BCUT2D eigenvalue weighted by atomic mass is 127. The van der Waals surface area contributed by atoms with E-state index in [1.54, 1.807) is 25.5 Å². The molecule has 34 heavy (non-hydrogen) atoms. The molecule has 0 fully saturated rings. The molecule has 0 aliphatic carbocycles. The van der Waals surface area contributed by atoms with Crippen LogP contribution in [0.4, 0.5) is 10.8 Å². The first-order valence-corrected chi connectivity index (χ1v) is 13.0. The third-order valence-corrected chi connectivity index (χ3v) is 7.05. The van der Waals surface area contributed by atoms with Crippen molar-refractivity contribution in [2.24, 2.45) is 5.10 Å². The number of hydrazone groups is 1. The van der Waals surface area contributed by atoms with Crippen molar-refractivity contribution in [3.05, 3.63) is 90.2 Å². The third kappa shape index (κ3) is 6.15. The number of nitrogens with zero attached hydrogens (tertiary/aromatic N) is 2. The van der Waals surface area contributed by atoms with Gasteiger partial charge in [-0.3, -0.25) is 4.79 Å². The SMILES string of the molecule is COc1c(Br)cc(/C=N\NC(=O)c2ccc(-c3csc(Nc4ccc(Cl)cc4)n3)cc2)cc1I. The average molecular weight is 668 g/mol. The van der Waals surface area contributed by atoms with Crippen LogP contribution in [-0.4, -0.2) is 24.2 Å². The molecule has 4 aromatic rings. The van der Waals surface area contributed by atoms with Gasteiger partial charge >= 0.3 is 0 Å². The van der Waals surface area contributed by atoms with Gasteiger partial charge in [0.05, 0.1) is 27.1 Å². The number of carbonyl (C=O) groups is 1. The van der Waals surface area contributed by atoms with Crippen molar-refractivity contribution < 1.29 is 9.53 Å². The zero-order valence-electron chi connectivity index (χ0n) is 17.7. The molecule has 0 bridgehead atoms. The molecular formula is C24H17BrClIN4O2S. The maximum Gasteiger partial charge on any atom is 0.271 e. The molecule has 1 aromatic heterocycles. The van der Waals surface area contributed by atoms with Crippen LogP contribution < -0.4 is 15.5 Å². The van der Waals surface area contributed by atoms with E-state index in [-0.39, 0.29) is 5.91 Å². The summed E-state index contributed by atoms with van der Waals surface area (Å²) < 4.78 is 7.08. The second-order valence-electron chi connectivity index (χ2n) is 6.96. The lowest BCUT2D eigenvalue weighted by atomic mass is 10.1. The van der Waals surface area contributed by atoms with Gasteiger partial charge in [-0.1, -0.05) is 23.7 Å². The number of nitrogens with one attached hydrogen (secondary N) is 2. The predicted molar refractivity (Wildman–Crippen MR) is 151 cm³/mol. The Kier molecular flexibility index (Phi) is 8.19. The normalized spacial score (nSPS) is 10.9. The minimum Gasteiger partial charge on any atom is -0.494 e. The molecule has 0 saturated heterocycles. The lowest BCUT2D eigenvalue weighted by Crippen LogP contribution is -2.17. The summed E-state index contributed by atoms with van der Waals surface area (Å²) in [6, 6.07) is 18.4. The molecule has 0 spiro atoms. The summed E-state index contributed by atoms with van der Waals surface area (Å²) in [4.78, 5) is 17.1. The van der Waals surface area contributed by atoms with Crippen molar-refractivity contribution in [2.75, 3.05) is 12.4 Å². The molecule has 6 nitrogen and oxygen atoms in total. The lowest BCUT2D eigenvalue weighted by Gasteiger charge is -2.07. The Morgan fingerprint density at radius 2 is 1.91 bits per heavy atom. The smallest absolute Gasteiger partial charge is 0.271 e. The summed E-state index contributed by atoms with van der Waals surface area (Å²) in [5, 5.41) is 10.7. The second kappa shape index (κ2) is 11.3. The van der Waals surface area contributed by atoms with Crippen molar-refractivity contribution in [1.82, 2.24) is 10.4 Å². The van der Waals surface area contributed by atoms with Crippen LogP contribution in [0.25, 0.3) is 11.3 Å². The number of hydrogen-bond acceptors (Lipinski definition) is 6. The highest BCUT2D eigenvalue weighted by Crippen LogP contribution is 2.31. The molecule has 10 heteroatoms. The molecule has 2 N–H and O–H groups in total. The van der Waals surface area contributed by atoms with Gasteiger partial charge in [-0.15, -0.1) is 11.3 Å². The molecule has 3 aromatic carbocycles. The fourth-order valence-corrected chi connectivity index (χ4v) is 5.74. The fourth-order valence-electron chi connectivity index (χ4n) is 2.99. The van der Waals surface area contributed by atoms with Gasteiger partial charge in [-0.05, 0) is 92.6 Å². The third-order valence-electron chi connectivity index (χ3n) is 4.65. The van der Waals surface area contributed by atoms with Crippen LogP contribution in [0.2, 0.25) is 5.02 Å². The number of benzene rings is 3. The largest absolute Gasteiger partial charge is 0.494 e. The molecule has 1 amide bonds. The Balaban J connectivity index is 1.38. The van der Waals surface area contributed by atoms with Crippen molar-refractivity contribution in [3.8, 4) is 17.0 Å². The van der Waals surface area contributed by atoms with Gasteiger partial charge in [0.15, 0.2) is 5.13 Å². The first-order chi connectivity index (χ1) is 16.4. The molecule has 0 saturated carbocycles. The van der Waals surface area contributed by atoms with Crippen LogP contribution in [0.15, 0.2) is 75.6 Å². The number of carbonyl (C=O) groups excluding carboxylic acids is 1. The monoisotopic (exact) mass is 666 g/mol. The molecule has 1 heterocycles. The van der Waals surface area contributed by atoms with Gasteiger partial charge in [0.25, 0.3) is 5.91 Å². The van der Waals surface area contributed by atoms with E-state index >= 15 is 0 Å². The van der Waals surface area contributed by atoms with Gasteiger partial charge < -0.3 is 10.1 Å². The van der Waals surface area contributed by atoms with Crippen LogP contribution in [-0.2, 0) is 0 Å². The van der Waals surface area contributed by atoms with E-state index in [4.69, 9.17) is 16.3 Å². The topological polar surface area (TPSA) is 75.6 Å². The van der Waals surface area contributed by atoms with Crippen molar-refractivity contribution in [1.29, 1.82) is 0 Å². The number of methoxy groups -OCH3 is 1. The van der Waals surface area contributed by atoms with Gasteiger partial charge in [-0.2, -0.15) is 5.10 Å². The molecule has 172 valence electrons. The van der Waals surface area contributed by atoms with Crippen molar-refractivity contribution in [3.63, 3.8) is 0 Å². The molecule has 0 atom stereocenters. The zero-order valence-corrected chi connectivity index (χ0v) is 23.0. The fraction of sp³-hybridized carbons (Fsp3) is 0.0417. The van der Waals surface area contributed by atoms with Crippen molar-refractivity contribution in [2.45, 2.75) is 0 Å². The van der Waals surface area contributed by atoms with Crippen LogP contribution in [0, 0.1) is 3.57 Å². The Hall–Kier alpha value is -2.47. The van der Waals surface area contributed by atoms with Gasteiger partial charge in [0, 0.05) is 27.2 Å². The van der Waals surface area contributed by atoms with E-state index in [1.807, 2.05) is 53.9 Å². The Morgan fingerprint density at radius 1 is 1.18 bits per heavy atom. The number of ether oxygens (including phenoxy) is 1. The highest BCUT2D eigenvalue weighted by molar-refractivity contribution is 14.1. The summed E-state index contributed by atoms with van der Waals surface area (Å²) in [5.41, 5.74) is 6.54. The summed E-state index contributed by atoms with van der Waals surface area (Å²) in [5.74, 6) is 0.461. The standard InChI is InChI=1S/C24H17BrClIN4O2S/c1-33-22-19(25)10-14(11-20(22)27)12-28-31-23(32)16-4-2-15(3-5-16)21-13-34-24(30-21)29-18-8-6-17(26)7-9-18/h2-13H,1H3,(H,29,30)(H,31,32)/b28-12-. The molecule has 0 aliphatic rings. The van der Waals surface area contributed by atoms with Crippen LogP contribution in [0.1, 0.15) is 15.9 Å². The summed E-state index contributed by atoms with van der Waals surface area (Å²) in [6.45, 7) is 0. The second-order valence-corrected chi connectivity index (χ2v) is 10.3. The van der Waals surface area contributed by atoms with E-state index in [0.29, 0.717) is 10.6 Å². The van der Waals surface area contributed by atoms with E-state index in [1.165, 1.54) is 11.3 Å². The van der Waals surface area contributed by atoms with E-state index in [9.17, 15) is 4.79 Å². The number of thiazole rings is 1. The first-order valence-electron chi connectivity index (χ1n) is 9.88. The van der Waals surface area contributed by atoms with Crippen LogP contribution in [0.3, 0.4) is 0 Å². The first kappa shape index (κ1) is 24.6. The summed E-state index contributed by atoms with van der Waals surface area (Å²) in [7, 11) is 1.62. The predicted octanol–water partition coefficient (Wildman–Crippen LogP) is 7.35. The molecule has 0 unspecified atom stereocenters. The number of halogens is 3. The quantitative estimate of drug-likeness (QED) is 0.123. The Morgan fingerprint density at radius 3 is 2.59 bits per heavy atom. The number of aromatic nitrogens is 1. The number of hydrogen-bond donors (Lipinski definition) is 2. The maximum absolute atomic E-state index is 12.5. The highest BCUT2D eigenvalue weighted by Gasteiger charge is 2.09. The van der Waals surface area contributed by atoms with E-state index < -0.39 is 0 Å². The minimum absolute atomic E-state index is 0.298. The zero-order chi connectivity index (χ0) is 24.1. The number of anilines is 2. The number of amides is 1. The van der Waals surface area contributed by atoms with E-state index in [2.05, 4.69) is 59.3 Å². The maximum atomic E-state index is 12.5. The minimum atomic E-state index is -0.298. The van der Waals surface area contributed by atoms with Crippen molar-refractivity contribution >= 4 is 84.4 Å². The molecular weight excluding hydrogens is 651 g/mol. The summed E-state index contributed by atoms with van der Waals surface area (Å²) >= 11 is 13.1. The molecule has 4 rings (SSSR count). The Labute approximate surface area is 227 Å². The van der Waals surface area contributed by atoms with Gasteiger partial charge in [-0.25, -0.2) is 10.4 Å². The van der Waals surface area contributed by atoms with Crippen LogP contribution in [0.5, 0.6) is 5.75 Å². The molecule has 0 radical (unpaired) electrons. The average Bonchev–Trinajstić information content (AvgIpc) is 3.29. The van der Waals surface area contributed by atoms with E-state index in [0.717, 1.165) is 41.4 Å². The summed E-state index contributed by atoms with van der Waals surface area (Å²) in [6.07, 6.45) is 1.59. The van der Waals surface area contributed by atoms with Gasteiger partial charge in [0.2, 0.25) is 0 Å². The van der Waals surface area contributed by atoms with Gasteiger partial charge in [0.1, 0.15) is 5.75 Å². The van der Waals surface area contributed by atoms with Crippen LogP contribution >= 0.6 is 61.5 Å². The lowest BCUT2D eigenvalue weighted by molar-refractivity contribution is 0.0955. The Bertz CT molecular complexity index is 1320. The number of rotatable bonds is 7. The molecule has 0 aliphatic heterocycles.